The molecule has 4 heteroatoms. The van der Waals surface area contributed by atoms with Crippen LogP contribution in [0.3, 0.4) is 0 Å². The summed E-state index contributed by atoms with van der Waals surface area (Å²) in [5, 5.41) is 2.64. The van der Waals surface area contributed by atoms with Gasteiger partial charge in [0.1, 0.15) is 5.82 Å². The molecule has 0 aliphatic heterocycles. The van der Waals surface area contributed by atoms with Crippen molar-refractivity contribution in [2.24, 2.45) is 5.73 Å². The lowest BCUT2D eigenvalue weighted by Crippen LogP contribution is -2.32. The zero-order valence-electron chi connectivity index (χ0n) is 7.96. The zero-order chi connectivity index (χ0) is 10.6. The predicted octanol–water partition coefficient (Wildman–Crippen LogP) is 0.962. The van der Waals surface area contributed by atoms with Gasteiger partial charge in [0.05, 0.1) is 12.6 Å². The first-order valence-electron chi connectivity index (χ1n) is 4.38. The van der Waals surface area contributed by atoms with Crippen molar-refractivity contribution >= 4 is 5.91 Å². The van der Waals surface area contributed by atoms with Gasteiger partial charge in [0.2, 0.25) is 5.91 Å². The lowest BCUT2D eigenvalue weighted by Gasteiger charge is -2.13. The van der Waals surface area contributed by atoms with Gasteiger partial charge in [-0.25, -0.2) is 4.39 Å². The molecule has 3 nitrogen and oxygen atoms in total. The second kappa shape index (κ2) is 4.72. The van der Waals surface area contributed by atoms with E-state index >= 15 is 0 Å². The Labute approximate surface area is 82.1 Å². The number of amides is 1. The molecular formula is C10H13FN2O. The third-order valence-electron chi connectivity index (χ3n) is 1.91. The SMILES string of the molecule is C[C@H](NC(=O)CN)c1cccc(F)c1. The Morgan fingerprint density at radius 1 is 1.64 bits per heavy atom. The summed E-state index contributed by atoms with van der Waals surface area (Å²) in [6.45, 7) is 1.72. The Balaban J connectivity index is 2.69. The van der Waals surface area contributed by atoms with Gasteiger partial charge in [-0.05, 0) is 24.6 Å². The van der Waals surface area contributed by atoms with E-state index in [-0.39, 0.29) is 24.3 Å². The van der Waals surface area contributed by atoms with Gasteiger partial charge in [0, 0.05) is 0 Å². The van der Waals surface area contributed by atoms with Gasteiger partial charge in [-0.1, -0.05) is 12.1 Å². The molecule has 1 rings (SSSR count). The summed E-state index contributed by atoms with van der Waals surface area (Å²) in [5.41, 5.74) is 5.87. The van der Waals surface area contributed by atoms with Crippen LogP contribution in [0.15, 0.2) is 24.3 Å². The predicted molar refractivity (Wildman–Crippen MR) is 52.0 cm³/mol. The number of rotatable bonds is 3. The summed E-state index contributed by atoms with van der Waals surface area (Å²) >= 11 is 0. The fourth-order valence-corrected chi connectivity index (χ4v) is 1.16. The highest BCUT2D eigenvalue weighted by molar-refractivity contribution is 5.78. The topological polar surface area (TPSA) is 55.1 Å². The van der Waals surface area contributed by atoms with Gasteiger partial charge in [0.25, 0.3) is 0 Å². The third kappa shape index (κ3) is 2.81. The minimum Gasteiger partial charge on any atom is -0.348 e. The van der Waals surface area contributed by atoms with Gasteiger partial charge in [-0.15, -0.1) is 0 Å². The molecule has 0 aromatic heterocycles. The lowest BCUT2D eigenvalue weighted by atomic mass is 10.1. The summed E-state index contributed by atoms with van der Waals surface area (Å²) in [7, 11) is 0. The van der Waals surface area contributed by atoms with Crippen molar-refractivity contribution in [1.82, 2.24) is 5.32 Å². The van der Waals surface area contributed by atoms with E-state index in [0.717, 1.165) is 5.56 Å². The zero-order valence-corrected chi connectivity index (χ0v) is 7.96. The molecule has 1 aromatic rings. The molecule has 0 fully saturated rings. The minimum atomic E-state index is -0.309. The summed E-state index contributed by atoms with van der Waals surface area (Å²) < 4.78 is 12.8. The summed E-state index contributed by atoms with van der Waals surface area (Å²) in [4.78, 5) is 11.0. The van der Waals surface area contributed by atoms with E-state index in [2.05, 4.69) is 5.32 Å². The molecule has 0 spiro atoms. The first kappa shape index (κ1) is 10.7. The molecule has 76 valence electrons. The van der Waals surface area contributed by atoms with Crippen molar-refractivity contribution in [3.8, 4) is 0 Å². The average Bonchev–Trinajstić information content (AvgIpc) is 2.17. The molecule has 0 unspecified atom stereocenters. The van der Waals surface area contributed by atoms with E-state index in [1.807, 2.05) is 0 Å². The number of nitrogens with two attached hydrogens (primary N) is 1. The van der Waals surface area contributed by atoms with Crippen LogP contribution in [0.2, 0.25) is 0 Å². The Kier molecular flexibility index (Phi) is 3.59. The molecule has 1 atom stereocenters. The lowest BCUT2D eigenvalue weighted by molar-refractivity contribution is -0.120. The molecule has 0 saturated heterocycles. The molecule has 0 heterocycles. The molecule has 0 aliphatic carbocycles. The van der Waals surface area contributed by atoms with Gasteiger partial charge in [-0.3, -0.25) is 4.79 Å². The molecule has 0 radical (unpaired) electrons. The average molecular weight is 196 g/mol. The Morgan fingerprint density at radius 2 is 2.36 bits per heavy atom. The molecule has 0 saturated carbocycles. The van der Waals surface area contributed by atoms with Crippen molar-refractivity contribution in [2.75, 3.05) is 6.54 Å². The van der Waals surface area contributed by atoms with Crippen LogP contribution in [0, 0.1) is 5.82 Å². The van der Waals surface area contributed by atoms with Gasteiger partial charge >= 0.3 is 0 Å². The second-order valence-corrected chi connectivity index (χ2v) is 3.05. The number of carbonyl (C=O) groups excluding carboxylic acids is 1. The van der Waals surface area contributed by atoms with E-state index in [9.17, 15) is 9.18 Å². The van der Waals surface area contributed by atoms with Crippen LogP contribution in [-0.4, -0.2) is 12.5 Å². The van der Waals surface area contributed by atoms with Crippen molar-refractivity contribution < 1.29 is 9.18 Å². The van der Waals surface area contributed by atoms with Crippen LogP contribution in [0.5, 0.6) is 0 Å². The maximum absolute atomic E-state index is 12.8. The number of nitrogens with one attached hydrogen (secondary N) is 1. The monoisotopic (exact) mass is 196 g/mol. The molecule has 0 bridgehead atoms. The minimum absolute atomic E-state index is 0.0559. The van der Waals surface area contributed by atoms with E-state index in [4.69, 9.17) is 5.73 Å². The van der Waals surface area contributed by atoms with E-state index in [0.29, 0.717) is 0 Å². The standard InChI is InChI=1S/C10H13FN2O/c1-7(13-10(14)6-12)8-3-2-4-9(11)5-8/h2-5,7H,6,12H2,1H3,(H,13,14)/t7-/m0/s1. The fraction of sp³-hybridized carbons (Fsp3) is 0.300. The smallest absolute Gasteiger partial charge is 0.234 e. The van der Waals surface area contributed by atoms with Crippen LogP contribution >= 0.6 is 0 Å². The highest BCUT2D eigenvalue weighted by Gasteiger charge is 2.08. The molecule has 14 heavy (non-hydrogen) atoms. The normalized spacial score (nSPS) is 12.2. The number of hydrogen-bond acceptors (Lipinski definition) is 2. The van der Waals surface area contributed by atoms with Crippen LogP contribution in [-0.2, 0) is 4.79 Å². The second-order valence-electron chi connectivity index (χ2n) is 3.05. The molecule has 3 N–H and O–H groups in total. The van der Waals surface area contributed by atoms with Crippen LogP contribution in [0.25, 0.3) is 0 Å². The molecule has 0 aliphatic rings. The highest BCUT2D eigenvalue weighted by Crippen LogP contribution is 2.12. The highest BCUT2D eigenvalue weighted by atomic mass is 19.1. The van der Waals surface area contributed by atoms with Crippen LogP contribution in [0.4, 0.5) is 4.39 Å². The first-order chi connectivity index (χ1) is 6.63. The van der Waals surface area contributed by atoms with Gasteiger partial charge in [0.15, 0.2) is 0 Å². The van der Waals surface area contributed by atoms with Crippen molar-refractivity contribution in [1.29, 1.82) is 0 Å². The third-order valence-corrected chi connectivity index (χ3v) is 1.91. The van der Waals surface area contributed by atoms with Gasteiger partial charge < -0.3 is 11.1 Å². The number of halogens is 1. The Morgan fingerprint density at radius 3 is 2.93 bits per heavy atom. The quantitative estimate of drug-likeness (QED) is 0.756. The Bertz CT molecular complexity index is 328. The number of carbonyl (C=O) groups is 1. The van der Waals surface area contributed by atoms with Crippen LogP contribution < -0.4 is 11.1 Å². The molecular weight excluding hydrogens is 183 g/mol. The van der Waals surface area contributed by atoms with Crippen LogP contribution in [0.1, 0.15) is 18.5 Å². The Hall–Kier alpha value is -1.42. The summed E-state index contributed by atoms with van der Waals surface area (Å²) in [5.74, 6) is -0.557. The fourth-order valence-electron chi connectivity index (χ4n) is 1.16. The first-order valence-corrected chi connectivity index (χ1v) is 4.38. The van der Waals surface area contributed by atoms with Crippen molar-refractivity contribution in [3.63, 3.8) is 0 Å². The maximum Gasteiger partial charge on any atom is 0.234 e. The molecule has 1 aromatic carbocycles. The van der Waals surface area contributed by atoms with E-state index in [1.165, 1.54) is 12.1 Å². The number of benzene rings is 1. The van der Waals surface area contributed by atoms with Crippen molar-refractivity contribution in [2.45, 2.75) is 13.0 Å². The number of hydrogen-bond donors (Lipinski definition) is 2. The summed E-state index contributed by atoms with van der Waals surface area (Å²) in [6.07, 6.45) is 0. The largest absolute Gasteiger partial charge is 0.348 e. The summed E-state index contributed by atoms with van der Waals surface area (Å²) in [6, 6.07) is 5.89. The van der Waals surface area contributed by atoms with E-state index < -0.39 is 0 Å². The maximum atomic E-state index is 12.8. The molecule has 1 amide bonds. The van der Waals surface area contributed by atoms with Gasteiger partial charge in [-0.2, -0.15) is 0 Å². The van der Waals surface area contributed by atoms with E-state index in [1.54, 1.807) is 19.1 Å². The van der Waals surface area contributed by atoms with Crippen molar-refractivity contribution in [3.05, 3.63) is 35.6 Å².